The number of nitrogens with one attached hydrogen (secondary N) is 1. The molecule has 0 aliphatic rings. The molecule has 5 nitrogen and oxygen atoms in total. The summed E-state index contributed by atoms with van der Waals surface area (Å²) >= 11 is 0. The van der Waals surface area contributed by atoms with Crippen LogP contribution >= 0.6 is 0 Å². The number of carbonyl (C=O) groups is 1. The third-order valence-corrected chi connectivity index (χ3v) is 3.36. The second-order valence-electron chi connectivity index (χ2n) is 5.99. The Morgan fingerprint density at radius 1 is 1.29 bits per heavy atom. The molecule has 0 aliphatic carbocycles. The van der Waals surface area contributed by atoms with Crippen LogP contribution in [0.15, 0.2) is 18.2 Å². The van der Waals surface area contributed by atoms with Gasteiger partial charge in [-0.15, -0.1) is 0 Å². The van der Waals surface area contributed by atoms with E-state index < -0.39 is 6.10 Å². The van der Waals surface area contributed by atoms with Crippen LogP contribution in [0, 0.1) is 5.41 Å². The summed E-state index contributed by atoms with van der Waals surface area (Å²) in [6.07, 6.45) is 0.0452. The Morgan fingerprint density at radius 2 is 1.95 bits per heavy atom. The molecule has 5 heteroatoms. The summed E-state index contributed by atoms with van der Waals surface area (Å²) < 4.78 is 10.3. The standard InChI is InChI=1S/C16H25NO4/c1-16(2,3)14(18)8-9-17-15(19)12-7-6-11(20-4)10-13(12)21-5/h6-7,10,14,18H,8-9H2,1-5H3,(H,17,19). The van der Waals surface area contributed by atoms with Gasteiger partial charge in [0.05, 0.1) is 25.9 Å². The second-order valence-corrected chi connectivity index (χ2v) is 5.99. The van der Waals surface area contributed by atoms with Crippen LogP contribution in [0.5, 0.6) is 11.5 Å². The molecule has 0 aliphatic heterocycles. The summed E-state index contributed by atoms with van der Waals surface area (Å²) in [5, 5.41) is 12.7. The molecule has 0 radical (unpaired) electrons. The number of aliphatic hydroxyl groups excluding tert-OH is 1. The highest BCUT2D eigenvalue weighted by Gasteiger charge is 2.22. The lowest BCUT2D eigenvalue weighted by Crippen LogP contribution is -2.32. The van der Waals surface area contributed by atoms with E-state index in [9.17, 15) is 9.90 Å². The molecule has 1 atom stereocenters. The number of rotatable bonds is 6. The van der Waals surface area contributed by atoms with Crippen molar-refractivity contribution in [2.75, 3.05) is 20.8 Å². The first-order chi connectivity index (χ1) is 9.79. The Balaban J connectivity index is 2.64. The lowest BCUT2D eigenvalue weighted by Gasteiger charge is -2.25. The summed E-state index contributed by atoms with van der Waals surface area (Å²) in [5.41, 5.74) is 0.256. The summed E-state index contributed by atoms with van der Waals surface area (Å²) in [4.78, 5) is 12.1. The maximum atomic E-state index is 12.1. The van der Waals surface area contributed by atoms with Crippen LogP contribution < -0.4 is 14.8 Å². The van der Waals surface area contributed by atoms with Crippen LogP contribution in [0.3, 0.4) is 0 Å². The summed E-state index contributed by atoms with van der Waals surface area (Å²) in [5.74, 6) is 0.866. The van der Waals surface area contributed by atoms with Crippen molar-refractivity contribution in [1.29, 1.82) is 0 Å². The first kappa shape index (κ1) is 17.3. The van der Waals surface area contributed by atoms with Gasteiger partial charge in [0.1, 0.15) is 11.5 Å². The molecule has 0 saturated heterocycles. The maximum Gasteiger partial charge on any atom is 0.255 e. The lowest BCUT2D eigenvalue weighted by atomic mass is 9.87. The van der Waals surface area contributed by atoms with E-state index in [0.717, 1.165) is 0 Å². The Morgan fingerprint density at radius 3 is 2.48 bits per heavy atom. The number of hydrogen-bond donors (Lipinski definition) is 2. The van der Waals surface area contributed by atoms with E-state index in [-0.39, 0.29) is 11.3 Å². The molecule has 0 saturated carbocycles. The van der Waals surface area contributed by atoms with Crippen molar-refractivity contribution in [3.8, 4) is 11.5 Å². The minimum absolute atomic E-state index is 0.192. The fourth-order valence-electron chi connectivity index (χ4n) is 1.84. The fourth-order valence-corrected chi connectivity index (χ4v) is 1.84. The number of amides is 1. The maximum absolute atomic E-state index is 12.1. The lowest BCUT2D eigenvalue weighted by molar-refractivity contribution is 0.0551. The topological polar surface area (TPSA) is 67.8 Å². The molecule has 118 valence electrons. The Labute approximate surface area is 126 Å². The van der Waals surface area contributed by atoms with Crippen molar-refractivity contribution in [1.82, 2.24) is 5.32 Å². The molecular weight excluding hydrogens is 270 g/mol. The summed E-state index contributed by atoms with van der Waals surface area (Å²) in [6.45, 7) is 6.30. The first-order valence-electron chi connectivity index (χ1n) is 6.98. The monoisotopic (exact) mass is 295 g/mol. The smallest absolute Gasteiger partial charge is 0.255 e. The third-order valence-electron chi connectivity index (χ3n) is 3.36. The van der Waals surface area contributed by atoms with Crippen LogP contribution in [0.2, 0.25) is 0 Å². The fraction of sp³-hybridized carbons (Fsp3) is 0.562. The predicted octanol–water partition coefficient (Wildman–Crippen LogP) is 2.23. The summed E-state index contributed by atoms with van der Waals surface area (Å²) in [6, 6.07) is 5.04. The minimum atomic E-state index is -0.462. The molecule has 0 aromatic heterocycles. The van der Waals surface area contributed by atoms with Gasteiger partial charge in [-0.1, -0.05) is 20.8 Å². The Hall–Kier alpha value is -1.75. The van der Waals surface area contributed by atoms with E-state index in [0.29, 0.717) is 30.0 Å². The molecule has 2 N–H and O–H groups in total. The molecular formula is C16H25NO4. The van der Waals surface area contributed by atoms with E-state index >= 15 is 0 Å². The van der Waals surface area contributed by atoms with Gasteiger partial charge in [-0.25, -0.2) is 0 Å². The number of aliphatic hydroxyl groups is 1. The second kappa shape index (κ2) is 7.31. The van der Waals surface area contributed by atoms with Gasteiger partial charge >= 0.3 is 0 Å². The molecule has 0 fully saturated rings. The predicted molar refractivity (Wildman–Crippen MR) is 82.0 cm³/mol. The van der Waals surface area contributed by atoms with E-state index in [1.807, 2.05) is 20.8 Å². The summed E-state index contributed by atoms with van der Waals surface area (Å²) in [7, 11) is 3.07. The normalized spacial score (nSPS) is 12.7. The van der Waals surface area contributed by atoms with Crippen LogP contribution in [0.1, 0.15) is 37.6 Å². The van der Waals surface area contributed by atoms with Gasteiger partial charge < -0.3 is 19.9 Å². The van der Waals surface area contributed by atoms with Crippen molar-refractivity contribution in [3.63, 3.8) is 0 Å². The van der Waals surface area contributed by atoms with Crippen LogP contribution in [0.4, 0.5) is 0 Å². The molecule has 21 heavy (non-hydrogen) atoms. The van der Waals surface area contributed by atoms with Crippen LogP contribution in [0.25, 0.3) is 0 Å². The largest absolute Gasteiger partial charge is 0.497 e. The molecule has 0 heterocycles. The highest BCUT2D eigenvalue weighted by atomic mass is 16.5. The van der Waals surface area contributed by atoms with Gasteiger partial charge in [0.15, 0.2) is 0 Å². The Kier molecular flexibility index (Phi) is 6.03. The van der Waals surface area contributed by atoms with Gasteiger partial charge in [-0.2, -0.15) is 0 Å². The first-order valence-corrected chi connectivity index (χ1v) is 6.98. The number of ether oxygens (including phenoxy) is 2. The average molecular weight is 295 g/mol. The van der Waals surface area contributed by atoms with Gasteiger partial charge in [0.2, 0.25) is 0 Å². The third kappa shape index (κ3) is 4.93. The molecule has 1 aromatic rings. The van der Waals surface area contributed by atoms with E-state index in [2.05, 4.69) is 5.32 Å². The highest BCUT2D eigenvalue weighted by Crippen LogP contribution is 2.24. The van der Waals surface area contributed by atoms with E-state index in [4.69, 9.17) is 9.47 Å². The number of benzene rings is 1. The van der Waals surface area contributed by atoms with Crippen molar-refractivity contribution >= 4 is 5.91 Å². The molecule has 1 aromatic carbocycles. The molecule has 0 spiro atoms. The minimum Gasteiger partial charge on any atom is -0.497 e. The molecule has 0 bridgehead atoms. The number of carbonyl (C=O) groups excluding carboxylic acids is 1. The van der Waals surface area contributed by atoms with Crippen LogP contribution in [-0.4, -0.2) is 37.9 Å². The van der Waals surface area contributed by atoms with E-state index in [1.165, 1.54) is 7.11 Å². The zero-order valence-corrected chi connectivity index (χ0v) is 13.4. The SMILES string of the molecule is COc1ccc(C(=O)NCCC(O)C(C)(C)C)c(OC)c1. The van der Waals surface area contributed by atoms with E-state index in [1.54, 1.807) is 25.3 Å². The zero-order chi connectivity index (χ0) is 16.0. The number of hydrogen-bond acceptors (Lipinski definition) is 4. The van der Waals surface area contributed by atoms with Crippen LogP contribution in [-0.2, 0) is 0 Å². The number of methoxy groups -OCH3 is 2. The average Bonchev–Trinajstić information content (AvgIpc) is 2.45. The quantitative estimate of drug-likeness (QED) is 0.844. The molecule has 1 amide bonds. The van der Waals surface area contributed by atoms with Gasteiger partial charge in [-0.05, 0) is 24.0 Å². The zero-order valence-electron chi connectivity index (χ0n) is 13.4. The molecule has 1 unspecified atom stereocenters. The highest BCUT2D eigenvalue weighted by molar-refractivity contribution is 5.97. The van der Waals surface area contributed by atoms with Gasteiger partial charge in [-0.3, -0.25) is 4.79 Å². The van der Waals surface area contributed by atoms with Gasteiger partial charge in [0, 0.05) is 12.6 Å². The van der Waals surface area contributed by atoms with Crippen molar-refractivity contribution < 1.29 is 19.4 Å². The van der Waals surface area contributed by atoms with Crippen molar-refractivity contribution in [3.05, 3.63) is 23.8 Å². The molecule has 1 rings (SSSR count). The van der Waals surface area contributed by atoms with Crippen molar-refractivity contribution in [2.24, 2.45) is 5.41 Å². The van der Waals surface area contributed by atoms with Crippen molar-refractivity contribution in [2.45, 2.75) is 33.3 Å². The van der Waals surface area contributed by atoms with Gasteiger partial charge in [0.25, 0.3) is 5.91 Å². The Bertz CT molecular complexity index is 480.